The van der Waals surface area contributed by atoms with Crippen LogP contribution >= 0.6 is 23.2 Å². The summed E-state index contributed by atoms with van der Waals surface area (Å²) in [6, 6.07) is 13.3. The van der Waals surface area contributed by atoms with Crippen LogP contribution in [0.3, 0.4) is 0 Å². The third-order valence-corrected chi connectivity index (χ3v) is 3.84. The van der Waals surface area contributed by atoms with E-state index in [2.05, 4.69) is 15.5 Å². The van der Waals surface area contributed by atoms with Gasteiger partial charge in [0.25, 0.3) is 0 Å². The maximum atomic E-state index is 6.06. The van der Waals surface area contributed by atoms with Crippen LogP contribution in [0, 0.1) is 0 Å². The second-order valence-electron chi connectivity index (χ2n) is 4.51. The quantitative estimate of drug-likeness (QED) is 0.752. The number of benzene rings is 2. The van der Waals surface area contributed by atoms with Gasteiger partial charge >= 0.3 is 0 Å². The molecule has 2 N–H and O–H groups in total. The second kappa shape index (κ2) is 5.71. The molecule has 0 unspecified atom stereocenters. The van der Waals surface area contributed by atoms with Crippen molar-refractivity contribution >= 4 is 28.9 Å². The molecule has 2 aromatic carbocycles. The largest absolute Gasteiger partial charge is 0.397 e. The molecule has 1 aromatic heterocycles. The molecular weight excluding hydrogens is 309 g/mol. The second-order valence-corrected chi connectivity index (χ2v) is 5.29. The minimum absolute atomic E-state index is 0.336. The highest BCUT2D eigenvalue weighted by Gasteiger charge is 2.13. The SMILES string of the molecule is Nc1cc(-c2nnnn2Cc2ccccc2)cc(Cl)c1Cl. The molecule has 0 aliphatic heterocycles. The Morgan fingerprint density at radius 3 is 2.57 bits per heavy atom. The fourth-order valence-corrected chi connectivity index (χ4v) is 2.35. The Balaban J connectivity index is 1.99. The number of nitrogens with two attached hydrogens (primary N) is 1. The minimum atomic E-state index is 0.336. The highest BCUT2D eigenvalue weighted by atomic mass is 35.5. The lowest BCUT2D eigenvalue weighted by Gasteiger charge is -2.07. The van der Waals surface area contributed by atoms with Crippen molar-refractivity contribution in [1.82, 2.24) is 20.2 Å². The molecule has 0 radical (unpaired) electrons. The third kappa shape index (κ3) is 2.84. The van der Waals surface area contributed by atoms with Gasteiger partial charge in [0, 0.05) is 5.56 Å². The van der Waals surface area contributed by atoms with Gasteiger partial charge in [0.05, 0.1) is 22.3 Å². The molecule has 0 fully saturated rings. The lowest BCUT2D eigenvalue weighted by atomic mass is 10.2. The van der Waals surface area contributed by atoms with E-state index < -0.39 is 0 Å². The van der Waals surface area contributed by atoms with Gasteiger partial charge in [-0.3, -0.25) is 0 Å². The van der Waals surface area contributed by atoms with Crippen LogP contribution in [0.5, 0.6) is 0 Å². The molecule has 0 aliphatic rings. The number of nitrogens with zero attached hydrogens (tertiary/aromatic N) is 4. The minimum Gasteiger partial charge on any atom is -0.397 e. The fourth-order valence-electron chi connectivity index (χ4n) is 2.01. The van der Waals surface area contributed by atoms with Crippen molar-refractivity contribution in [3.05, 3.63) is 58.1 Å². The van der Waals surface area contributed by atoms with Crippen LogP contribution in [-0.2, 0) is 6.54 Å². The normalized spacial score (nSPS) is 10.8. The Hall–Kier alpha value is -2.11. The molecule has 1 heterocycles. The van der Waals surface area contributed by atoms with E-state index in [0.29, 0.717) is 28.1 Å². The molecule has 7 heteroatoms. The van der Waals surface area contributed by atoms with E-state index in [1.165, 1.54) is 0 Å². The van der Waals surface area contributed by atoms with Crippen LogP contribution in [-0.4, -0.2) is 20.2 Å². The van der Waals surface area contributed by atoms with Gasteiger partial charge in [0.15, 0.2) is 5.82 Å². The number of tetrazole rings is 1. The van der Waals surface area contributed by atoms with Gasteiger partial charge in [-0.15, -0.1) is 5.10 Å². The average molecular weight is 320 g/mol. The molecule has 0 saturated carbocycles. The standard InChI is InChI=1S/C14H11Cl2N5/c15-11-6-10(7-12(17)13(11)16)14-18-19-20-21(14)8-9-4-2-1-3-5-9/h1-7H,8,17H2. The summed E-state index contributed by atoms with van der Waals surface area (Å²) in [4.78, 5) is 0. The number of hydrogen-bond acceptors (Lipinski definition) is 4. The van der Waals surface area contributed by atoms with Crippen LogP contribution in [0.1, 0.15) is 5.56 Å². The lowest BCUT2D eigenvalue weighted by molar-refractivity contribution is 0.653. The van der Waals surface area contributed by atoms with Gasteiger partial charge in [0.2, 0.25) is 0 Å². The Morgan fingerprint density at radius 2 is 1.86 bits per heavy atom. The van der Waals surface area contributed by atoms with Gasteiger partial charge in [0.1, 0.15) is 0 Å². The smallest absolute Gasteiger partial charge is 0.182 e. The van der Waals surface area contributed by atoms with E-state index in [0.717, 1.165) is 11.1 Å². The molecule has 0 amide bonds. The Kier molecular flexibility index (Phi) is 3.77. The molecule has 0 bridgehead atoms. The molecule has 0 saturated heterocycles. The van der Waals surface area contributed by atoms with Crippen molar-refractivity contribution in [2.75, 3.05) is 5.73 Å². The monoisotopic (exact) mass is 319 g/mol. The van der Waals surface area contributed by atoms with E-state index in [4.69, 9.17) is 28.9 Å². The summed E-state index contributed by atoms with van der Waals surface area (Å²) >= 11 is 12.0. The summed E-state index contributed by atoms with van der Waals surface area (Å²) in [6.45, 7) is 0.559. The molecular formula is C14H11Cl2N5. The zero-order chi connectivity index (χ0) is 14.8. The average Bonchev–Trinajstić information content (AvgIpc) is 2.93. The Bertz CT molecular complexity index is 747. The van der Waals surface area contributed by atoms with Crippen LogP contribution in [0.2, 0.25) is 10.0 Å². The van der Waals surface area contributed by atoms with Crippen LogP contribution in [0.4, 0.5) is 5.69 Å². The zero-order valence-electron chi connectivity index (χ0n) is 10.9. The van der Waals surface area contributed by atoms with E-state index in [9.17, 15) is 0 Å². The zero-order valence-corrected chi connectivity index (χ0v) is 12.4. The van der Waals surface area contributed by atoms with E-state index in [-0.39, 0.29) is 0 Å². The molecule has 0 spiro atoms. The highest BCUT2D eigenvalue weighted by Crippen LogP contribution is 2.32. The van der Waals surface area contributed by atoms with Gasteiger partial charge in [-0.05, 0) is 28.1 Å². The summed E-state index contributed by atoms with van der Waals surface area (Å²) in [5.74, 6) is 0.587. The molecule has 106 valence electrons. The van der Waals surface area contributed by atoms with Crippen molar-refractivity contribution in [3.8, 4) is 11.4 Å². The summed E-state index contributed by atoms with van der Waals surface area (Å²) < 4.78 is 1.69. The van der Waals surface area contributed by atoms with Crippen LogP contribution in [0.15, 0.2) is 42.5 Å². The van der Waals surface area contributed by atoms with E-state index in [1.54, 1.807) is 16.8 Å². The highest BCUT2D eigenvalue weighted by molar-refractivity contribution is 6.43. The molecule has 0 aliphatic carbocycles. The van der Waals surface area contributed by atoms with Crippen molar-refractivity contribution < 1.29 is 0 Å². The summed E-state index contributed by atoms with van der Waals surface area (Å²) in [6.07, 6.45) is 0. The molecule has 0 atom stereocenters. The summed E-state index contributed by atoms with van der Waals surface area (Å²) in [5.41, 5.74) is 8.05. The molecule has 3 aromatic rings. The van der Waals surface area contributed by atoms with E-state index in [1.807, 2.05) is 30.3 Å². The van der Waals surface area contributed by atoms with Crippen molar-refractivity contribution in [1.29, 1.82) is 0 Å². The van der Waals surface area contributed by atoms with Crippen molar-refractivity contribution in [2.24, 2.45) is 0 Å². The first-order valence-corrected chi connectivity index (χ1v) is 6.95. The number of nitrogen functional groups attached to an aromatic ring is 1. The maximum Gasteiger partial charge on any atom is 0.182 e. The van der Waals surface area contributed by atoms with Gasteiger partial charge in [-0.2, -0.15) is 0 Å². The lowest BCUT2D eigenvalue weighted by Crippen LogP contribution is -2.04. The number of aromatic nitrogens is 4. The van der Waals surface area contributed by atoms with Crippen LogP contribution < -0.4 is 5.73 Å². The molecule has 21 heavy (non-hydrogen) atoms. The first-order valence-electron chi connectivity index (χ1n) is 6.20. The Morgan fingerprint density at radius 1 is 1.10 bits per heavy atom. The van der Waals surface area contributed by atoms with E-state index >= 15 is 0 Å². The predicted octanol–water partition coefficient (Wildman–Crippen LogP) is 3.28. The molecule has 5 nitrogen and oxygen atoms in total. The van der Waals surface area contributed by atoms with Gasteiger partial charge < -0.3 is 5.73 Å². The maximum absolute atomic E-state index is 6.06. The molecule has 3 rings (SSSR count). The van der Waals surface area contributed by atoms with Gasteiger partial charge in [-0.25, -0.2) is 4.68 Å². The number of rotatable bonds is 3. The number of halogens is 2. The third-order valence-electron chi connectivity index (χ3n) is 3.02. The van der Waals surface area contributed by atoms with Crippen molar-refractivity contribution in [3.63, 3.8) is 0 Å². The van der Waals surface area contributed by atoms with Gasteiger partial charge in [-0.1, -0.05) is 53.5 Å². The first kappa shape index (κ1) is 13.9. The predicted molar refractivity (Wildman–Crippen MR) is 83.2 cm³/mol. The first-order chi connectivity index (χ1) is 10.1. The fraction of sp³-hybridized carbons (Fsp3) is 0.0714. The number of hydrogen-bond donors (Lipinski definition) is 1. The number of anilines is 1. The van der Waals surface area contributed by atoms with Crippen molar-refractivity contribution in [2.45, 2.75) is 6.54 Å². The Labute approximate surface area is 131 Å². The summed E-state index contributed by atoms with van der Waals surface area (Å²) in [7, 11) is 0. The summed E-state index contributed by atoms with van der Waals surface area (Å²) in [5, 5.41) is 12.5. The van der Waals surface area contributed by atoms with Crippen LogP contribution in [0.25, 0.3) is 11.4 Å². The topological polar surface area (TPSA) is 69.6 Å².